The Morgan fingerprint density at radius 2 is 1.82 bits per heavy atom. The Labute approximate surface area is 170 Å². The first-order valence-corrected chi connectivity index (χ1v) is 9.43. The zero-order valence-corrected chi connectivity index (χ0v) is 16.1. The molecule has 1 heterocycles. The summed E-state index contributed by atoms with van der Waals surface area (Å²) in [5, 5.41) is 21.6. The lowest BCUT2D eigenvalue weighted by Crippen LogP contribution is -2.10. The molecule has 0 aliphatic rings. The van der Waals surface area contributed by atoms with Gasteiger partial charge in [0.15, 0.2) is 17.2 Å². The van der Waals surface area contributed by atoms with Crippen LogP contribution in [0.1, 0.15) is 15.2 Å². The van der Waals surface area contributed by atoms with Crippen LogP contribution in [0.15, 0.2) is 54.6 Å². The van der Waals surface area contributed by atoms with Crippen LogP contribution in [0.4, 0.5) is 5.69 Å². The minimum atomic E-state index is -1.22. The van der Waals surface area contributed by atoms with E-state index in [-0.39, 0.29) is 15.6 Å². The fourth-order valence-electron chi connectivity index (χ4n) is 2.57. The molecule has 0 bridgehead atoms. The lowest BCUT2D eigenvalue weighted by molar-refractivity contribution is -0.139. The smallest absolute Gasteiger partial charge is 0.349 e. The molecule has 0 saturated heterocycles. The van der Waals surface area contributed by atoms with Gasteiger partial charge in [-0.3, -0.25) is 0 Å². The van der Waals surface area contributed by atoms with Crippen molar-refractivity contribution < 1.29 is 24.5 Å². The van der Waals surface area contributed by atoms with E-state index in [1.54, 1.807) is 0 Å². The van der Waals surface area contributed by atoms with Crippen molar-refractivity contribution in [1.82, 2.24) is 0 Å². The fourth-order valence-corrected chi connectivity index (χ4v) is 3.97. The van der Waals surface area contributed by atoms with Crippen LogP contribution in [0, 0.1) is 0 Å². The number of benzene rings is 2. The van der Waals surface area contributed by atoms with Gasteiger partial charge in [-0.25, -0.2) is 9.59 Å². The van der Waals surface area contributed by atoms with Crippen LogP contribution in [-0.4, -0.2) is 28.8 Å². The fraction of sp³-hybridized carbons (Fsp3) is 0.100. The number of para-hydroxylation sites is 1. The van der Waals surface area contributed by atoms with Crippen LogP contribution >= 0.6 is 22.9 Å². The number of carbonyl (C=O) groups is 2. The standard InChI is InChI=1S/C20H16ClNO5S/c21-16-17(27-11-15(23)24)19(20(25)26)28-18(16)13-6-4-5-12(9-13)10-22-14-7-2-1-3-8-14/h1-9,22H,10-11H2,(H,23,24)(H,25,26). The van der Waals surface area contributed by atoms with E-state index >= 15 is 0 Å². The van der Waals surface area contributed by atoms with Crippen molar-refractivity contribution in [3.05, 3.63) is 70.1 Å². The van der Waals surface area contributed by atoms with E-state index in [4.69, 9.17) is 21.4 Å². The van der Waals surface area contributed by atoms with Crippen molar-refractivity contribution in [2.24, 2.45) is 0 Å². The van der Waals surface area contributed by atoms with Crippen molar-refractivity contribution in [3.63, 3.8) is 0 Å². The molecule has 28 heavy (non-hydrogen) atoms. The largest absolute Gasteiger partial charge is 0.479 e. The minimum Gasteiger partial charge on any atom is -0.479 e. The number of thiophene rings is 1. The van der Waals surface area contributed by atoms with Gasteiger partial charge in [0.05, 0.1) is 4.88 Å². The Morgan fingerprint density at radius 3 is 2.50 bits per heavy atom. The second-order valence-corrected chi connectivity index (χ2v) is 7.21. The van der Waals surface area contributed by atoms with Gasteiger partial charge < -0.3 is 20.3 Å². The number of hydrogen-bond donors (Lipinski definition) is 3. The predicted octanol–water partition coefficient (Wildman–Crippen LogP) is 4.84. The number of halogens is 1. The molecule has 0 atom stereocenters. The maximum absolute atomic E-state index is 11.5. The van der Waals surface area contributed by atoms with Gasteiger partial charge in [0.2, 0.25) is 0 Å². The highest BCUT2D eigenvalue weighted by molar-refractivity contribution is 7.18. The highest BCUT2D eigenvalue weighted by Gasteiger charge is 2.24. The lowest BCUT2D eigenvalue weighted by atomic mass is 10.1. The van der Waals surface area contributed by atoms with Gasteiger partial charge >= 0.3 is 11.9 Å². The molecule has 3 aromatic rings. The van der Waals surface area contributed by atoms with E-state index in [9.17, 15) is 14.7 Å². The third-order valence-corrected chi connectivity index (χ3v) is 5.48. The second-order valence-electron chi connectivity index (χ2n) is 5.81. The normalized spacial score (nSPS) is 10.5. The summed E-state index contributed by atoms with van der Waals surface area (Å²) in [5.74, 6) is -2.56. The van der Waals surface area contributed by atoms with Crippen LogP contribution in [0.5, 0.6) is 5.75 Å². The lowest BCUT2D eigenvalue weighted by Gasteiger charge is -2.08. The third kappa shape index (κ3) is 4.62. The van der Waals surface area contributed by atoms with E-state index < -0.39 is 18.5 Å². The van der Waals surface area contributed by atoms with Crippen molar-refractivity contribution in [2.75, 3.05) is 11.9 Å². The summed E-state index contributed by atoms with van der Waals surface area (Å²) in [7, 11) is 0. The van der Waals surface area contributed by atoms with Gasteiger partial charge in [-0.2, -0.15) is 0 Å². The highest BCUT2D eigenvalue weighted by Crippen LogP contribution is 2.45. The molecule has 8 heteroatoms. The summed E-state index contributed by atoms with van der Waals surface area (Å²) in [6.07, 6.45) is 0. The van der Waals surface area contributed by atoms with Crippen LogP contribution in [0.25, 0.3) is 10.4 Å². The summed E-state index contributed by atoms with van der Waals surface area (Å²) in [6.45, 7) is -0.0911. The molecule has 0 aliphatic carbocycles. The molecule has 3 N–H and O–H groups in total. The summed E-state index contributed by atoms with van der Waals surface area (Å²) in [6, 6.07) is 17.3. The molecule has 0 saturated carbocycles. The van der Waals surface area contributed by atoms with Gasteiger partial charge in [-0.15, -0.1) is 11.3 Å². The Bertz CT molecular complexity index is 1000. The summed E-state index contributed by atoms with van der Waals surface area (Å²) < 4.78 is 5.11. The number of ether oxygens (including phenoxy) is 1. The van der Waals surface area contributed by atoms with E-state index in [2.05, 4.69) is 5.32 Å². The summed E-state index contributed by atoms with van der Waals surface area (Å²) >= 11 is 7.28. The first-order chi connectivity index (χ1) is 13.5. The second kappa shape index (κ2) is 8.77. The monoisotopic (exact) mass is 417 g/mol. The summed E-state index contributed by atoms with van der Waals surface area (Å²) in [4.78, 5) is 22.6. The molecule has 1 aromatic heterocycles. The predicted molar refractivity (Wildman–Crippen MR) is 109 cm³/mol. The average Bonchev–Trinajstić information content (AvgIpc) is 3.02. The van der Waals surface area contributed by atoms with Crippen LogP contribution in [0.2, 0.25) is 5.02 Å². The van der Waals surface area contributed by atoms with Crippen LogP contribution in [-0.2, 0) is 11.3 Å². The molecule has 144 valence electrons. The molecule has 6 nitrogen and oxygen atoms in total. The number of nitrogens with one attached hydrogen (secondary N) is 1. The van der Waals surface area contributed by atoms with Crippen molar-refractivity contribution in [3.8, 4) is 16.2 Å². The number of hydrogen-bond acceptors (Lipinski definition) is 5. The van der Waals surface area contributed by atoms with Gasteiger partial charge in [0.1, 0.15) is 5.02 Å². The van der Waals surface area contributed by atoms with Gasteiger partial charge in [0.25, 0.3) is 0 Å². The zero-order valence-electron chi connectivity index (χ0n) is 14.5. The number of anilines is 1. The quantitative estimate of drug-likeness (QED) is 0.485. The average molecular weight is 418 g/mol. The van der Waals surface area contributed by atoms with Crippen molar-refractivity contribution in [2.45, 2.75) is 6.54 Å². The maximum atomic E-state index is 11.5. The SMILES string of the molecule is O=C(O)COc1c(C(=O)O)sc(-c2cccc(CNc3ccccc3)c2)c1Cl. The Balaban J connectivity index is 1.87. The first kappa shape index (κ1) is 19.7. The molecule has 0 spiro atoms. The topological polar surface area (TPSA) is 95.9 Å². The molecule has 0 fully saturated rings. The van der Waals surface area contributed by atoms with Crippen LogP contribution < -0.4 is 10.1 Å². The van der Waals surface area contributed by atoms with Crippen LogP contribution in [0.3, 0.4) is 0 Å². The van der Waals surface area contributed by atoms with Gasteiger partial charge in [0, 0.05) is 12.2 Å². The maximum Gasteiger partial charge on any atom is 0.349 e. The third-order valence-electron chi connectivity index (χ3n) is 3.80. The number of aliphatic carboxylic acids is 1. The Hall–Kier alpha value is -3.03. The number of rotatable bonds is 8. The summed E-state index contributed by atoms with van der Waals surface area (Å²) in [5.41, 5.74) is 2.70. The zero-order chi connectivity index (χ0) is 20.1. The van der Waals surface area contributed by atoms with Crippen molar-refractivity contribution in [1.29, 1.82) is 0 Å². The van der Waals surface area contributed by atoms with E-state index in [1.165, 1.54) is 0 Å². The van der Waals surface area contributed by atoms with Gasteiger partial charge in [-0.1, -0.05) is 48.0 Å². The molecule has 3 rings (SSSR count). The molecule has 2 aromatic carbocycles. The van der Waals surface area contributed by atoms with E-state index in [1.807, 2.05) is 54.6 Å². The van der Waals surface area contributed by atoms with E-state index in [0.29, 0.717) is 11.4 Å². The number of aromatic carboxylic acids is 1. The Kier molecular flexibility index (Phi) is 6.18. The highest BCUT2D eigenvalue weighted by atomic mass is 35.5. The van der Waals surface area contributed by atoms with E-state index in [0.717, 1.165) is 28.2 Å². The molecule has 0 radical (unpaired) electrons. The molecule has 0 aliphatic heterocycles. The Morgan fingerprint density at radius 1 is 1.07 bits per heavy atom. The van der Waals surface area contributed by atoms with Gasteiger partial charge in [-0.05, 0) is 29.3 Å². The molecular weight excluding hydrogens is 402 g/mol. The number of carboxylic acid groups (broad SMARTS) is 2. The number of carboxylic acids is 2. The molecular formula is C20H16ClNO5S. The van der Waals surface area contributed by atoms with Crippen molar-refractivity contribution >= 4 is 40.6 Å². The first-order valence-electron chi connectivity index (χ1n) is 8.24. The molecule has 0 amide bonds. The minimum absolute atomic E-state index is 0.0943. The molecule has 0 unspecified atom stereocenters.